The van der Waals surface area contributed by atoms with Crippen molar-refractivity contribution in [1.29, 1.82) is 0 Å². The van der Waals surface area contributed by atoms with E-state index in [9.17, 15) is 10.2 Å². The summed E-state index contributed by atoms with van der Waals surface area (Å²) in [5.41, 5.74) is 3.73. The average molecular weight is 312 g/mol. The van der Waals surface area contributed by atoms with Crippen molar-refractivity contribution in [3.8, 4) is 11.5 Å². The second-order valence-corrected chi connectivity index (χ2v) is 7.97. The van der Waals surface area contributed by atoms with Crippen LogP contribution in [0.1, 0.15) is 57.9 Å². The van der Waals surface area contributed by atoms with Gasteiger partial charge in [0.1, 0.15) is 11.5 Å². The van der Waals surface area contributed by atoms with Crippen molar-refractivity contribution in [2.75, 3.05) is 0 Å². The molecule has 0 saturated heterocycles. The first-order valence-electron chi connectivity index (χ1n) is 8.72. The van der Waals surface area contributed by atoms with Gasteiger partial charge < -0.3 is 10.2 Å². The van der Waals surface area contributed by atoms with E-state index in [0.717, 1.165) is 18.4 Å². The summed E-state index contributed by atoms with van der Waals surface area (Å²) < 4.78 is 0. The summed E-state index contributed by atoms with van der Waals surface area (Å²) in [6, 6.07) is 4.87. The molecule has 3 atom stereocenters. The van der Waals surface area contributed by atoms with Crippen LogP contribution >= 0.6 is 0 Å². The third kappa shape index (κ3) is 2.80. The van der Waals surface area contributed by atoms with Crippen LogP contribution in [0.15, 0.2) is 42.0 Å². The van der Waals surface area contributed by atoms with Crippen molar-refractivity contribution < 1.29 is 10.2 Å². The van der Waals surface area contributed by atoms with E-state index in [2.05, 4.69) is 33.4 Å². The molecule has 1 aromatic rings. The maximum atomic E-state index is 10.4. The summed E-state index contributed by atoms with van der Waals surface area (Å²) in [5.74, 6) is 1.33. The van der Waals surface area contributed by atoms with Crippen molar-refractivity contribution >= 4 is 0 Å². The lowest BCUT2D eigenvalue weighted by Crippen LogP contribution is -2.30. The first-order chi connectivity index (χ1) is 10.8. The molecule has 0 unspecified atom stereocenters. The Bertz CT molecular complexity index is 654. The third-order valence-corrected chi connectivity index (χ3v) is 5.97. The predicted molar refractivity (Wildman–Crippen MR) is 94.6 cm³/mol. The second-order valence-electron chi connectivity index (χ2n) is 7.97. The Morgan fingerprint density at radius 2 is 1.96 bits per heavy atom. The molecule has 0 aliphatic heterocycles. The van der Waals surface area contributed by atoms with Gasteiger partial charge in [-0.3, -0.25) is 0 Å². The topological polar surface area (TPSA) is 40.5 Å². The maximum Gasteiger partial charge on any atom is 0.119 e. The lowest BCUT2D eigenvalue weighted by Gasteiger charge is -2.42. The fourth-order valence-corrected chi connectivity index (χ4v) is 4.57. The Balaban J connectivity index is 2.14. The van der Waals surface area contributed by atoms with Crippen LogP contribution < -0.4 is 0 Å². The summed E-state index contributed by atoms with van der Waals surface area (Å²) in [6.07, 6.45) is 6.99. The van der Waals surface area contributed by atoms with Crippen molar-refractivity contribution in [2.24, 2.45) is 17.3 Å². The van der Waals surface area contributed by atoms with E-state index in [1.807, 2.05) is 0 Å². The van der Waals surface area contributed by atoms with Crippen molar-refractivity contribution in [3.05, 3.63) is 47.6 Å². The zero-order valence-corrected chi connectivity index (χ0v) is 14.5. The van der Waals surface area contributed by atoms with E-state index in [1.165, 1.54) is 24.0 Å². The van der Waals surface area contributed by atoms with E-state index >= 15 is 0 Å². The van der Waals surface area contributed by atoms with Crippen LogP contribution in [-0.4, -0.2) is 10.2 Å². The van der Waals surface area contributed by atoms with Crippen LogP contribution in [0.4, 0.5) is 0 Å². The van der Waals surface area contributed by atoms with Gasteiger partial charge in [0, 0.05) is 11.5 Å². The molecule has 1 aromatic carbocycles. The number of benzene rings is 1. The molecule has 2 nitrogen and oxygen atoms in total. The number of phenolic OH excluding ortho intramolecular Hbond substituents is 2. The minimum atomic E-state index is 0.0884. The van der Waals surface area contributed by atoms with Gasteiger partial charge in [-0.25, -0.2) is 0 Å². The smallest absolute Gasteiger partial charge is 0.119 e. The number of aromatic hydroxyl groups is 2. The molecule has 2 N–H and O–H groups in total. The molecule has 2 aliphatic carbocycles. The number of rotatable bonds is 1. The average Bonchev–Trinajstić information content (AvgIpc) is 2.60. The van der Waals surface area contributed by atoms with Crippen LogP contribution in [0.25, 0.3) is 0 Å². The zero-order chi connectivity index (χ0) is 16.8. The number of phenols is 2. The summed E-state index contributed by atoms with van der Waals surface area (Å²) >= 11 is 0. The van der Waals surface area contributed by atoms with Gasteiger partial charge in [-0.15, -0.1) is 0 Å². The van der Waals surface area contributed by atoms with E-state index in [-0.39, 0.29) is 22.8 Å². The molecule has 23 heavy (non-hydrogen) atoms. The quantitative estimate of drug-likeness (QED) is 0.528. The number of fused-ring (bicyclic) bond motifs is 1. The van der Waals surface area contributed by atoms with Gasteiger partial charge >= 0.3 is 0 Å². The first kappa shape index (κ1) is 16.2. The fraction of sp³-hybridized carbons (Fsp3) is 0.524. The highest BCUT2D eigenvalue weighted by atomic mass is 16.3. The van der Waals surface area contributed by atoms with Gasteiger partial charge in [-0.2, -0.15) is 0 Å². The van der Waals surface area contributed by atoms with Crippen molar-refractivity contribution in [2.45, 2.75) is 52.4 Å². The van der Waals surface area contributed by atoms with E-state index in [4.69, 9.17) is 0 Å². The molecule has 1 saturated carbocycles. The molecule has 2 aliphatic rings. The minimum absolute atomic E-state index is 0.0884. The normalized spacial score (nSPS) is 30.3. The molecular weight excluding hydrogens is 284 g/mol. The monoisotopic (exact) mass is 312 g/mol. The Labute approximate surface area is 139 Å². The van der Waals surface area contributed by atoms with Crippen LogP contribution in [0.5, 0.6) is 11.5 Å². The predicted octanol–water partition coefficient (Wildman–Crippen LogP) is 5.53. The van der Waals surface area contributed by atoms with Gasteiger partial charge in [0.15, 0.2) is 0 Å². The van der Waals surface area contributed by atoms with Crippen molar-refractivity contribution in [3.63, 3.8) is 0 Å². The molecule has 0 heterocycles. The van der Waals surface area contributed by atoms with Crippen LogP contribution in [0.2, 0.25) is 0 Å². The van der Waals surface area contributed by atoms with Gasteiger partial charge in [-0.1, -0.05) is 51.0 Å². The number of hydrogen-bond donors (Lipinski definition) is 2. The molecule has 1 fully saturated rings. The SMILES string of the molecule is C=C1[C@@H](C)CC=C2[C@@H](CCCC2(C)C)[C@@H]1c1cc(O)ccc1O. The molecule has 0 spiro atoms. The highest BCUT2D eigenvalue weighted by molar-refractivity contribution is 5.47. The van der Waals surface area contributed by atoms with E-state index < -0.39 is 0 Å². The number of allylic oxidation sites excluding steroid dienone is 3. The van der Waals surface area contributed by atoms with Gasteiger partial charge in [0.05, 0.1) is 0 Å². The molecule has 3 rings (SSSR count). The summed E-state index contributed by atoms with van der Waals surface area (Å²) in [6.45, 7) is 11.3. The lowest BCUT2D eigenvalue weighted by molar-refractivity contribution is 0.262. The zero-order valence-electron chi connectivity index (χ0n) is 14.5. The second kappa shape index (κ2) is 5.74. The molecule has 124 valence electrons. The highest BCUT2D eigenvalue weighted by Crippen LogP contribution is 2.55. The number of hydrogen-bond acceptors (Lipinski definition) is 2. The molecular formula is C21H28O2. The van der Waals surface area contributed by atoms with Gasteiger partial charge in [0.25, 0.3) is 0 Å². The Morgan fingerprint density at radius 1 is 1.22 bits per heavy atom. The largest absolute Gasteiger partial charge is 0.508 e. The van der Waals surface area contributed by atoms with Crippen LogP contribution in [-0.2, 0) is 0 Å². The fourth-order valence-electron chi connectivity index (χ4n) is 4.57. The molecule has 0 radical (unpaired) electrons. The molecule has 2 heteroatoms. The van der Waals surface area contributed by atoms with Gasteiger partial charge in [0.2, 0.25) is 0 Å². The summed E-state index contributed by atoms with van der Waals surface area (Å²) in [4.78, 5) is 0. The van der Waals surface area contributed by atoms with Crippen LogP contribution in [0.3, 0.4) is 0 Å². The van der Waals surface area contributed by atoms with Crippen LogP contribution in [0, 0.1) is 17.3 Å². The highest BCUT2D eigenvalue weighted by Gasteiger charge is 2.41. The standard InChI is InChI=1S/C21H28O2/c1-13-7-9-18-16(6-5-11-21(18,3)4)20(14(13)2)17-12-15(22)8-10-19(17)23/h8-10,12-13,16,20,22-23H,2,5-7,11H2,1,3-4H3/t13-,16+,20+/m0/s1. The summed E-state index contributed by atoms with van der Waals surface area (Å²) in [5, 5.41) is 20.4. The van der Waals surface area contributed by atoms with E-state index in [0.29, 0.717) is 11.8 Å². The molecule has 0 aromatic heterocycles. The Kier molecular flexibility index (Phi) is 4.03. The van der Waals surface area contributed by atoms with E-state index in [1.54, 1.807) is 18.2 Å². The third-order valence-electron chi connectivity index (χ3n) is 5.97. The lowest BCUT2D eigenvalue weighted by atomic mass is 9.62. The van der Waals surface area contributed by atoms with Crippen molar-refractivity contribution in [1.82, 2.24) is 0 Å². The summed E-state index contributed by atoms with van der Waals surface area (Å²) in [7, 11) is 0. The Hall–Kier alpha value is -1.70. The first-order valence-corrected chi connectivity index (χ1v) is 8.72. The minimum Gasteiger partial charge on any atom is -0.508 e. The maximum absolute atomic E-state index is 10.4. The Morgan fingerprint density at radius 3 is 2.70 bits per heavy atom. The molecule has 0 amide bonds. The molecule has 0 bridgehead atoms. The van der Waals surface area contributed by atoms with Gasteiger partial charge in [-0.05, 0) is 54.7 Å².